The molecule has 188 valence electrons. The molecule has 1 amide bonds. The molecule has 1 aromatic carbocycles. The summed E-state index contributed by atoms with van der Waals surface area (Å²) >= 11 is 3.20. The van der Waals surface area contributed by atoms with Crippen LogP contribution < -0.4 is 15.8 Å². The fourth-order valence-corrected chi connectivity index (χ4v) is 3.69. The fraction of sp³-hybridized carbons (Fsp3) is 0.263. The van der Waals surface area contributed by atoms with Crippen LogP contribution in [-0.4, -0.2) is 63.4 Å². The highest BCUT2D eigenvalue weighted by atomic mass is 79.9. The number of nitrogens with one attached hydrogen (secondary N) is 1. The van der Waals surface area contributed by atoms with Crippen LogP contribution in [0.1, 0.15) is 15.9 Å². The number of nitrogens with zero attached hydrogens (tertiary/aromatic N) is 1. The van der Waals surface area contributed by atoms with Crippen LogP contribution >= 0.6 is 27.3 Å². The van der Waals surface area contributed by atoms with Crippen LogP contribution in [0, 0.1) is 0 Å². The number of carbonyl (C=O) groups excluding carboxylic acids is 1. The minimum absolute atomic E-state index is 0.117. The molecule has 0 fully saturated rings. The van der Waals surface area contributed by atoms with E-state index in [1.54, 1.807) is 0 Å². The van der Waals surface area contributed by atoms with E-state index in [0.29, 0.717) is 24.2 Å². The number of hydrogen-bond donors (Lipinski definition) is 5. The molecule has 6 N–H and O–H groups in total. The van der Waals surface area contributed by atoms with Crippen LogP contribution in [-0.2, 0) is 27.8 Å². The second-order valence-electron chi connectivity index (χ2n) is 6.40. The Balaban J connectivity index is 0.000000550. The lowest BCUT2D eigenvalue weighted by atomic mass is 10.1. The Morgan fingerprint density at radius 1 is 1.32 bits per heavy atom. The van der Waals surface area contributed by atoms with E-state index in [4.69, 9.17) is 28.9 Å². The molecule has 1 atom stereocenters. The number of halogens is 1. The van der Waals surface area contributed by atoms with E-state index in [1.807, 2.05) is 29.6 Å². The smallest absolute Gasteiger partial charge is 0.261 e. The van der Waals surface area contributed by atoms with Gasteiger partial charge in [-0.25, -0.2) is 9.19 Å². The van der Waals surface area contributed by atoms with Gasteiger partial charge in [-0.2, -0.15) is 8.42 Å². The minimum atomic E-state index is -3.67. The lowest BCUT2D eigenvalue weighted by Gasteiger charge is -2.08. The fourth-order valence-electron chi connectivity index (χ4n) is 2.35. The summed E-state index contributed by atoms with van der Waals surface area (Å²) < 4.78 is 50.1. The molecule has 0 spiro atoms. The van der Waals surface area contributed by atoms with Crippen molar-refractivity contribution in [3.8, 4) is 5.75 Å². The average molecular weight is 599 g/mol. The number of carbonyl (C=O) groups is 1. The van der Waals surface area contributed by atoms with Crippen LogP contribution in [0.25, 0.3) is 10.1 Å². The monoisotopic (exact) mass is 597 g/mol. The molecule has 2 heterocycles. The van der Waals surface area contributed by atoms with Crippen molar-refractivity contribution < 1.29 is 36.4 Å². The molecule has 15 heteroatoms. The summed E-state index contributed by atoms with van der Waals surface area (Å²) in [6.07, 6.45) is 3.37. The summed E-state index contributed by atoms with van der Waals surface area (Å²) in [5.74, 6) is 0.823. The summed E-state index contributed by atoms with van der Waals surface area (Å²) in [7, 11) is -3.67. The first-order chi connectivity index (χ1) is 15.8. The van der Waals surface area contributed by atoms with Gasteiger partial charge in [-0.05, 0) is 29.6 Å². The van der Waals surface area contributed by atoms with Gasteiger partial charge in [-0.1, -0.05) is 15.9 Å². The largest absolute Gasteiger partial charge is 0.489 e. The Morgan fingerprint density at radius 2 is 1.88 bits per heavy atom. The van der Waals surface area contributed by atoms with E-state index in [1.165, 1.54) is 23.8 Å². The second kappa shape index (κ2) is 14.3. The number of nitrogen functional groups attached to an aromatic ring is 1. The molecule has 0 radical (unpaired) electrons. The number of aliphatic hydroxyl groups excluding tert-OH is 1. The number of ether oxygens (including phenoxy) is 1. The Bertz CT molecular complexity index is 1210. The summed E-state index contributed by atoms with van der Waals surface area (Å²) in [4.78, 5) is 16.4. The molecule has 3 rings (SSSR count). The molecule has 0 aliphatic heterocycles. The quantitative estimate of drug-likeness (QED) is 0.208. The molecule has 0 aliphatic carbocycles. The van der Waals surface area contributed by atoms with Crippen LogP contribution in [0.3, 0.4) is 0 Å². The van der Waals surface area contributed by atoms with Crippen LogP contribution in [0.2, 0.25) is 0 Å². The third-order valence-corrected chi connectivity index (χ3v) is 5.14. The predicted molar refractivity (Wildman–Crippen MR) is 136 cm³/mol. The van der Waals surface area contributed by atoms with Crippen molar-refractivity contribution in [3.05, 3.63) is 51.4 Å². The first-order valence-electron chi connectivity index (χ1n) is 9.20. The Hall–Kier alpha value is -2.14. The van der Waals surface area contributed by atoms with E-state index < -0.39 is 21.2 Å². The first-order valence-corrected chi connectivity index (χ1v) is 14.2. The maximum absolute atomic E-state index is 12.2. The third-order valence-electron chi connectivity index (χ3n) is 3.55. The van der Waals surface area contributed by atoms with Crippen LogP contribution in [0.15, 0.2) is 40.3 Å². The van der Waals surface area contributed by atoms with E-state index >= 15 is 0 Å². The summed E-state index contributed by atoms with van der Waals surface area (Å²) in [6.45, 7) is 0.402. The number of nitrogens with two attached hydrogens (primary N) is 1. The number of anilines is 1. The maximum Gasteiger partial charge on any atom is 0.261 e. The van der Waals surface area contributed by atoms with Gasteiger partial charge in [0.2, 0.25) is 0 Å². The van der Waals surface area contributed by atoms with Crippen molar-refractivity contribution in [1.82, 2.24) is 10.3 Å². The minimum Gasteiger partial charge on any atom is -0.489 e. The van der Waals surface area contributed by atoms with Crippen LogP contribution in [0.5, 0.6) is 5.75 Å². The number of benzene rings is 1. The number of aliphatic hydroxyl groups is 1. The summed E-state index contributed by atoms with van der Waals surface area (Å²) in [6, 6.07) is 7.54. The number of hydrogen-bond acceptors (Lipinski definition) is 9. The van der Waals surface area contributed by atoms with Gasteiger partial charge in [-0.15, -0.1) is 11.3 Å². The number of pyridine rings is 1. The van der Waals surface area contributed by atoms with Gasteiger partial charge in [0.25, 0.3) is 16.0 Å². The zero-order chi connectivity index (χ0) is 25.9. The topological polar surface area (TPSA) is 189 Å². The standard InChI is InChI=1S/C17H16BrN3O3S.CH4O3S.CH4O2S/c18-11-1-3-12(4-2-11)24-8-10-9-25-15-13(17(23)20-5-6-22)7-21-16(19)14(10)15;1-5(2,3)4;1-4(2)3/h1-4,7,9,22H,5-6,8H2,(H2,19,21)(H,20,23);1H3,(H,2,3,4);1H3,(H,2,3). The molecule has 2 aromatic heterocycles. The number of aromatic nitrogens is 1. The average Bonchev–Trinajstić information content (AvgIpc) is 3.15. The molecule has 0 aliphatic rings. The normalized spacial score (nSPS) is 11.5. The first kappa shape index (κ1) is 29.9. The zero-order valence-corrected chi connectivity index (χ0v) is 22.1. The van der Waals surface area contributed by atoms with Gasteiger partial charge in [0, 0.05) is 34.4 Å². The molecule has 34 heavy (non-hydrogen) atoms. The third kappa shape index (κ3) is 11.3. The van der Waals surface area contributed by atoms with E-state index in [9.17, 15) is 13.2 Å². The maximum atomic E-state index is 12.2. The van der Waals surface area contributed by atoms with Crippen molar-refractivity contribution in [2.45, 2.75) is 6.61 Å². The highest BCUT2D eigenvalue weighted by molar-refractivity contribution is 9.10. The van der Waals surface area contributed by atoms with E-state index in [2.05, 4.69) is 26.2 Å². The molecule has 0 bridgehead atoms. The molecule has 1 unspecified atom stereocenters. The van der Waals surface area contributed by atoms with Gasteiger partial charge >= 0.3 is 0 Å². The van der Waals surface area contributed by atoms with Crippen LogP contribution in [0.4, 0.5) is 5.82 Å². The number of fused-ring (bicyclic) bond motifs is 1. The Morgan fingerprint density at radius 3 is 2.41 bits per heavy atom. The Kier molecular flexibility index (Phi) is 12.6. The SMILES string of the molecule is CS(=O)(=O)O.CS(=O)O.Nc1ncc(C(=O)NCCO)c2scc(COc3ccc(Br)cc3)c12. The molecule has 0 saturated carbocycles. The van der Waals surface area contributed by atoms with Gasteiger partial charge < -0.3 is 25.4 Å². The van der Waals surface area contributed by atoms with Gasteiger partial charge in [0.15, 0.2) is 0 Å². The molecular weight excluding hydrogens is 574 g/mol. The van der Waals surface area contributed by atoms with Gasteiger partial charge in [0.1, 0.15) is 29.3 Å². The van der Waals surface area contributed by atoms with Crippen molar-refractivity contribution in [1.29, 1.82) is 0 Å². The lowest BCUT2D eigenvalue weighted by Crippen LogP contribution is -2.26. The summed E-state index contributed by atoms with van der Waals surface area (Å²) in [5, 5.41) is 14.1. The number of amides is 1. The van der Waals surface area contributed by atoms with Crippen molar-refractivity contribution in [3.63, 3.8) is 0 Å². The lowest BCUT2D eigenvalue weighted by molar-refractivity contribution is 0.0946. The van der Waals surface area contributed by atoms with E-state index in [0.717, 1.165) is 25.9 Å². The molecule has 0 saturated heterocycles. The van der Waals surface area contributed by atoms with E-state index in [-0.39, 0.29) is 19.1 Å². The number of rotatable bonds is 6. The summed E-state index contributed by atoms with van der Waals surface area (Å²) in [5.41, 5.74) is 7.34. The van der Waals surface area contributed by atoms with Gasteiger partial charge in [0.05, 0.1) is 23.1 Å². The predicted octanol–water partition coefficient (Wildman–Crippen LogP) is 2.28. The highest BCUT2D eigenvalue weighted by Crippen LogP contribution is 2.33. The van der Waals surface area contributed by atoms with Crippen molar-refractivity contribution in [2.24, 2.45) is 0 Å². The highest BCUT2D eigenvalue weighted by Gasteiger charge is 2.17. The van der Waals surface area contributed by atoms with Crippen molar-refractivity contribution >= 4 is 70.3 Å². The molecular formula is C19H24BrN3O8S3. The molecule has 3 aromatic rings. The number of thiophene rings is 1. The molecule has 11 nitrogen and oxygen atoms in total. The van der Waals surface area contributed by atoms with Gasteiger partial charge in [-0.3, -0.25) is 9.35 Å². The Labute approximate surface area is 211 Å². The zero-order valence-electron chi connectivity index (χ0n) is 18.1. The van der Waals surface area contributed by atoms with Crippen molar-refractivity contribution in [2.75, 3.05) is 31.4 Å². The second-order valence-corrected chi connectivity index (χ2v) is 10.5.